The minimum absolute atomic E-state index is 0. The molecule has 0 aliphatic carbocycles. The number of hydrogen-bond acceptors (Lipinski definition) is 4. The van der Waals surface area contributed by atoms with Gasteiger partial charge in [0.1, 0.15) is 0 Å². The van der Waals surface area contributed by atoms with Crippen LogP contribution in [-0.2, 0) is 9.59 Å². The van der Waals surface area contributed by atoms with E-state index < -0.39 is 0 Å². The molecule has 0 bridgehead atoms. The maximum atomic E-state index is 12.7. The van der Waals surface area contributed by atoms with E-state index in [-0.39, 0.29) is 49.3 Å². The number of hydrogen-bond donors (Lipinski definition) is 3. The summed E-state index contributed by atoms with van der Waals surface area (Å²) in [6.07, 6.45) is 3.24. The molecule has 0 spiro atoms. The van der Waals surface area contributed by atoms with E-state index in [1.807, 2.05) is 11.8 Å². The second-order valence-electron chi connectivity index (χ2n) is 6.40. The number of carbonyl (C=O) groups excluding carboxylic acids is 3. The molecule has 7 nitrogen and oxygen atoms in total. The monoisotopic (exact) mass is 382 g/mol. The molecule has 1 aliphatic heterocycles. The van der Waals surface area contributed by atoms with Crippen LogP contribution < -0.4 is 16.4 Å². The third-order valence-electron chi connectivity index (χ3n) is 4.44. The Balaban J connectivity index is 0.00000338. The van der Waals surface area contributed by atoms with Crippen molar-refractivity contribution in [1.29, 1.82) is 0 Å². The molecule has 1 aromatic rings. The van der Waals surface area contributed by atoms with Gasteiger partial charge in [0.25, 0.3) is 5.91 Å². The van der Waals surface area contributed by atoms with Gasteiger partial charge in [-0.15, -0.1) is 12.4 Å². The maximum absolute atomic E-state index is 12.7. The molecule has 0 radical (unpaired) electrons. The number of carbonyl (C=O) groups is 3. The Morgan fingerprint density at radius 3 is 2.58 bits per heavy atom. The smallest absolute Gasteiger partial charge is 0.254 e. The number of likely N-dealkylation sites (tertiary alicyclic amines) is 1. The number of nitrogens with zero attached hydrogens (tertiary/aromatic N) is 1. The summed E-state index contributed by atoms with van der Waals surface area (Å²) in [5.41, 5.74) is 7.22. The third-order valence-corrected chi connectivity index (χ3v) is 4.44. The summed E-state index contributed by atoms with van der Waals surface area (Å²) in [4.78, 5) is 37.5. The van der Waals surface area contributed by atoms with Crippen molar-refractivity contribution < 1.29 is 14.4 Å². The van der Waals surface area contributed by atoms with Gasteiger partial charge < -0.3 is 21.3 Å². The van der Waals surface area contributed by atoms with Crippen molar-refractivity contribution in [3.8, 4) is 0 Å². The molecule has 1 aliphatic rings. The molecule has 1 unspecified atom stereocenters. The number of halogens is 1. The van der Waals surface area contributed by atoms with Crippen LogP contribution in [0.2, 0.25) is 0 Å². The topological polar surface area (TPSA) is 105 Å². The zero-order valence-electron chi connectivity index (χ0n) is 15.2. The highest BCUT2D eigenvalue weighted by atomic mass is 35.5. The predicted octanol–water partition coefficient (Wildman–Crippen LogP) is 1.44. The normalized spacial score (nSPS) is 16.4. The molecule has 1 aromatic carbocycles. The molecule has 4 N–H and O–H groups in total. The Morgan fingerprint density at radius 1 is 1.23 bits per heavy atom. The highest BCUT2D eigenvalue weighted by Gasteiger charge is 2.24. The van der Waals surface area contributed by atoms with E-state index in [2.05, 4.69) is 17.6 Å². The lowest BCUT2D eigenvalue weighted by atomic mass is 10.0. The molecule has 1 saturated heterocycles. The fraction of sp³-hybridized carbons (Fsp3) is 0.500. The fourth-order valence-electron chi connectivity index (χ4n) is 2.95. The summed E-state index contributed by atoms with van der Waals surface area (Å²) in [5.74, 6) is -0.694. The van der Waals surface area contributed by atoms with Crippen LogP contribution in [0.25, 0.3) is 0 Å². The average Bonchev–Trinajstić information content (AvgIpc) is 2.61. The van der Waals surface area contributed by atoms with Crippen LogP contribution >= 0.6 is 12.4 Å². The van der Waals surface area contributed by atoms with E-state index in [0.717, 1.165) is 31.4 Å². The van der Waals surface area contributed by atoms with Crippen LogP contribution in [0.1, 0.15) is 42.1 Å². The quantitative estimate of drug-likeness (QED) is 0.716. The van der Waals surface area contributed by atoms with Crippen molar-refractivity contribution in [1.82, 2.24) is 10.2 Å². The van der Waals surface area contributed by atoms with Crippen molar-refractivity contribution in [3.63, 3.8) is 0 Å². The van der Waals surface area contributed by atoms with Crippen LogP contribution in [0.4, 0.5) is 5.69 Å². The van der Waals surface area contributed by atoms with E-state index in [1.54, 1.807) is 18.2 Å². The first-order valence-corrected chi connectivity index (χ1v) is 8.60. The molecule has 3 amide bonds. The van der Waals surface area contributed by atoms with Crippen LogP contribution in [-0.4, -0.2) is 48.3 Å². The van der Waals surface area contributed by atoms with Crippen LogP contribution in [0, 0.1) is 6.92 Å². The number of nitrogens with one attached hydrogen (secondary N) is 2. The lowest BCUT2D eigenvalue weighted by molar-refractivity contribution is -0.123. The van der Waals surface area contributed by atoms with Gasteiger partial charge in [0.15, 0.2) is 0 Å². The molecule has 1 atom stereocenters. The Kier molecular flexibility index (Phi) is 8.54. The van der Waals surface area contributed by atoms with E-state index in [0.29, 0.717) is 11.3 Å². The van der Waals surface area contributed by atoms with E-state index in [4.69, 9.17) is 5.73 Å². The Labute approximate surface area is 160 Å². The van der Waals surface area contributed by atoms with Crippen molar-refractivity contribution in [2.75, 3.05) is 25.0 Å². The van der Waals surface area contributed by atoms with Crippen molar-refractivity contribution in [2.45, 2.75) is 39.2 Å². The molecule has 1 fully saturated rings. The lowest BCUT2D eigenvalue weighted by Gasteiger charge is -2.33. The Morgan fingerprint density at radius 2 is 1.96 bits per heavy atom. The predicted molar refractivity (Wildman–Crippen MR) is 103 cm³/mol. The van der Waals surface area contributed by atoms with Gasteiger partial charge in [-0.2, -0.15) is 0 Å². The number of rotatable bonds is 5. The number of anilines is 1. The highest BCUT2D eigenvalue weighted by Crippen LogP contribution is 2.22. The molecule has 144 valence electrons. The molecular weight excluding hydrogens is 356 g/mol. The number of benzene rings is 1. The maximum Gasteiger partial charge on any atom is 0.254 e. The van der Waals surface area contributed by atoms with Crippen LogP contribution in [0.3, 0.4) is 0 Å². The van der Waals surface area contributed by atoms with Crippen molar-refractivity contribution >= 4 is 35.8 Å². The van der Waals surface area contributed by atoms with Gasteiger partial charge in [-0.05, 0) is 56.9 Å². The van der Waals surface area contributed by atoms with Crippen molar-refractivity contribution in [2.24, 2.45) is 5.73 Å². The van der Waals surface area contributed by atoms with E-state index in [9.17, 15) is 14.4 Å². The van der Waals surface area contributed by atoms with Gasteiger partial charge in [-0.25, -0.2) is 0 Å². The summed E-state index contributed by atoms with van der Waals surface area (Å²) < 4.78 is 0. The molecule has 26 heavy (non-hydrogen) atoms. The first kappa shape index (κ1) is 21.9. The first-order chi connectivity index (χ1) is 11.9. The van der Waals surface area contributed by atoms with Crippen LogP contribution in [0.15, 0.2) is 18.2 Å². The Hall–Kier alpha value is -2.12. The van der Waals surface area contributed by atoms with E-state index >= 15 is 0 Å². The van der Waals surface area contributed by atoms with Gasteiger partial charge in [0.05, 0.1) is 13.1 Å². The number of aryl methyl sites for hydroxylation is 1. The third kappa shape index (κ3) is 5.71. The second kappa shape index (κ2) is 10.1. The molecule has 2 rings (SSSR count). The summed E-state index contributed by atoms with van der Waals surface area (Å²) in [5, 5.41) is 5.14. The summed E-state index contributed by atoms with van der Waals surface area (Å²) in [6, 6.07) is 5.49. The molecule has 8 heteroatoms. The second-order valence-corrected chi connectivity index (χ2v) is 6.40. The minimum Gasteiger partial charge on any atom is -0.346 e. The molecule has 0 saturated carbocycles. The molecular formula is C18H27ClN4O3. The zero-order chi connectivity index (χ0) is 18.4. The Bertz CT molecular complexity index is 666. The van der Waals surface area contributed by atoms with Crippen LogP contribution in [0.5, 0.6) is 0 Å². The highest BCUT2D eigenvalue weighted by molar-refractivity contribution is 5.98. The molecule has 1 heterocycles. The summed E-state index contributed by atoms with van der Waals surface area (Å²) >= 11 is 0. The SMILES string of the molecule is Cc1cc(C(=O)N2CCCCC2C)ccc1NC(=O)CNC(=O)CN.Cl. The van der Waals surface area contributed by atoms with Gasteiger partial charge >= 0.3 is 0 Å². The standard InChI is InChI=1S/C18H26N4O3.ClH/c1-12-9-14(18(25)22-8-4-3-5-13(22)2)6-7-15(12)21-17(24)11-20-16(23)10-19;/h6-7,9,13H,3-5,8,10-11,19H2,1-2H3,(H,20,23)(H,21,24);1H. The largest absolute Gasteiger partial charge is 0.346 e. The number of amides is 3. The zero-order valence-corrected chi connectivity index (χ0v) is 16.0. The average molecular weight is 383 g/mol. The van der Waals surface area contributed by atoms with Gasteiger partial charge in [-0.1, -0.05) is 0 Å². The summed E-state index contributed by atoms with van der Waals surface area (Å²) in [6.45, 7) is 4.41. The molecule has 0 aromatic heterocycles. The van der Waals surface area contributed by atoms with Gasteiger partial charge in [0, 0.05) is 23.8 Å². The minimum atomic E-state index is -0.386. The van der Waals surface area contributed by atoms with Gasteiger partial charge in [-0.3, -0.25) is 14.4 Å². The van der Waals surface area contributed by atoms with Crippen molar-refractivity contribution in [3.05, 3.63) is 29.3 Å². The first-order valence-electron chi connectivity index (χ1n) is 8.60. The number of nitrogens with two attached hydrogens (primary N) is 1. The lowest BCUT2D eigenvalue weighted by Crippen LogP contribution is -2.42. The number of piperidine rings is 1. The van der Waals surface area contributed by atoms with E-state index in [1.165, 1.54) is 0 Å². The fourth-order valence-corrected chi connectivity index (χ4v) is 2.95. The van der Waals surface area contributed by atoms with Gasteiger partial charge in [0.2, 0.25) is 11.8 Å². The summed E-state index contributed by atoms with van der Waals surface area (Å²) in [7, 11) is 0.